The van der Waals surface area contributed by atoms with Gasteiger partial charge in [-0.3, -0.25) is 0 Å². The highest BCUT2D eigenvalue weighted by Gasteiger charge is 2.13. The van der Waals surface area contributed by atoms with Crippen molar-refractivity contribution >= 4 is 11.0 Å². The number of hydrogen-bond donors (Lipinski definition) is 1. The number of hydrogen-bond acceptors (Lipinski definition) is 2. The third-order valence-electron chi connectivity index (χ3n) is 3.97. The summed E-state index contributed by atoms with van der Waals surface area (Å²) >= 11 is 0. The lowest BCUT2D eigenvalue weighted by atomic mass is 10.0. The molecule has 0 aliphatic heterocycles. The van der Waals surface area contributed by atoms with Gasteiger partial charge in [-0.25, -0.2) is 0 Å². The molecule has 0 spiro atoms. The van der Waals surface area contributed by atoms with Crippen LogP contribution in [-0.4, -0.2) is 6.54 Å². The minimum absolute atomic E-state index is 0.849. The molecule has 0 amide bonds. The van der Waals surface area contributed by atoms with Crippen molar-refractivity contribution in [2.45, 2.75) is 65.8 Å². The SMILES string of the molecule is CCCCc1ccc2oc(CNCCC)c(CCC)c2c1. The van der Waals surface area contributed by atoms with Gasteiger partial charge in [0.2, 0.25) is 0 Å². The van der Waals surface area contributed by atoms with Gasteiger partial charge in [-0.05, 0) is 49.9 Å². The molecule has 0 saturated heterocycles. The van der Waals surface area contributed by atoms with Crippen LogP contribution in [0.2, 0.25) is 0 Å². The molecule has 2 aromatic rings. The molecule has 0 bridgehead atoms. The third kappa shape index (κ3) is 4.10. The third-order valence-corrected chi connectivity index (χ3v) is 3.97. The maximum Gasteiger partial charge on any atom is 0.134 e. The molecule has 1 aromatic carbocycles. The summed E-state index contributed by atoms with van der Waals surface area (Å²) in [6.45, 7) is 8.57. The van der Waals surface area contributed by atoms with Gasteiger partial charge >= 0.3 is 0 Å². The van der Waals surface area contributed by atoms with Crippen LogP contribution >= 0.6 is 0 Å². The fraction of sp³-hybridized carbons (Fsp3) is 0.579. The molecular weight excluding hydrogens is 258 g/mol. The van der Waals surface area contributed by atoms with Gasteiger partial charge in [0.25, 0.3) is 0 Å². The van der Waals surface area contributed by atoms with E-state index in [0.29, 0.717) is 0 Å². The first-order chi connectivity index (χ1) is 10.3. The highest BCUT2D eigenvalue weighted by Crippen LogP contribution is 2.28. The van der Waals surface area contributed by atoms with Gasteiger partial charge in [0.15, 0.2) is 0 Å². The van der Waals surface area contributed by atoms with E-state index in [1.165, 1.54) is 35.8 Å². The Morgan fingerprint density at radius 1 is 1.00 bits per heavy atom. The van der Waals surface area contributed by atoms with Crippen molar-refractivity contribution in [3.8, 4) is 0 Å². The van der Waals surface area contributed by atoms with Crippen LogP contribution < -0.4 is 5.32 Å². The Morgan fingerprint density at radius 3 is 2.57 bits per heavy atom. The number of benzene rings is 1. The number of furan rings is 1. The molecule has 0 saturated carbocycles. The van der Waals surface area contributed by atoms with Crippen molar-refractivity contribution in [2.24, 2.45) is 0 Å². The summed E-state index contributed by atoms with van der Waals surface area (Å²) in [5, 5.41) is 4.80. The van der Waals surface area contributed by atoms with E-state index in [1.807, 2.05) is 0 Å². The largest absolute Gasteiger partial charge is 0.459 e. The molecule has 2 rings (SSSR count). The first kappa shape index (κ1) is 16.1. The summed E-state index contributed by atoms with van der Waals surface area (Å²) in [6.07, 6.45) is 7.11. The Kier molecular flexibility index (Phi) is 6.31. The number of aryl methyl sites for hydroxylation is 2. The van der Waals surface area contributed by atoms with Gasteiger partial charge in [0.05, 0.1) is 6.54 Å². The topological polar surface area (TPSA) is 25.2 Å². The standard InChI is InChI=1S/C19H29NO/c1-4-7-9-15-10-11-18-17(13-15)16(8-5-2)19(21-18)14-20-12-6-3/h10-11,13,20H,4-9,12,14H2,1-3H3. The number of rotatable bonds is 9. The van der Waals surface area contributed by atoms with Gasteiger partial charge in [-0.1, -0.05) is 39.7 Å². The van der Waals surface area contributed by atoms with Crippen molar-refractivity contribution in [3.63, 3.8) is 0 Å². The summed E-state index contributed by atoms with van der Waals surface area (Å²) < 4.78 is 6.10. The van der Waals surface area contributed by atoms with E-state index in [0.717, 1.165) is 43.7 Å². The lowest BCUT2D eigenvalue weighted by molar-refractivity contribution is 0.507. The second kappa shape index (κ2) is 8.23. The Bertz CT molecular complexity index is 556. The van der Waals surface area contributed by atoms with E-state index in [-0.39, 0.29) is 0 Å². The fourth-order valence-corrected chi connectivity index (χ4v) is 2.83. The molecule has 0 aliphatic carbocycles. The van der Waals surface area contributed by atoms with Crippen LogP contribution in [0, 0.1) is 0 Å². The van der Waals surface area contributed by atoms with Gasteiger partial charge < -0.3 is 9.73 Å². The van der Waals surface area contributed by atoms with Crippen molar-refractivity contribution in [2.75, 3.05) is 6.54 Å². The molecule has 21 heavy (non-hydrogen) atoms. The second-order valence-electron chi connectivity index (χ2n) is 5.86. The van der Waals surface area contributed by atoms with Gasteiger partial charge in [0, 0.05) is 10.9 Å². The molecule has 0 radical (unpaired) electrons. The van der Waals surface area contributed by atoms with Crippen LogP contribution in [0.5, 0.6) is 0 Å². The summed E-state index contributed by atoms with van der Waals surface area (Å²) in [5.74, 6) is 1.13. The quantitative estimate of drug-likeness (QED) is 0.639. The Hall–Kier alpha value is -1.28. The van der Waals surface area contributed by atoms with Crippen LogP contribution in [0.15, 0.2) is 22.6 Å². The van der Waals surface area contributed by atoms with Crippen molar-refractivity contribution < 1.29 is 4.42 Å². The summed E-state index contributed by atoms with van der Waals surface area (Å²) in [4.78, 5) is 0. The van der Waals surface area contributed by atoms with E-state index in [1.54, 1.807) is 0 Å². The molecular formula is C19H29NO. The zero-order valence-electron chi connectivity index (χ0n) is 13.8. The Balaban J connectivity index is 2.28. The Morgan fingerprint density at radius 2 is 1.86 bits per heavy atom. The van der Waals surface area contributed by atoms with Crippen LogP contribution in [0.1, 0.15) is 63.3 Å². The van der Waals surface area contributed by atoms with Gasteiger partial charge in [0.1, 0.15) is 11.3 Å². The average molecular weight is 287 g/mol. The summed E-state index contributed by atoms with van der Waals surface area (Å²) in [7, 11) is 0. The lowest BCUT2D eigenvalue weighted by Gasteiger charge is -2.04. The zero-order valence-corrected chi connectivity index (χ0v) is 13.8. The van der Waals surface area contributed by atoms with Gasteiger partial charge in [-0.2, -0.15) is 0 Å². The van der Waals surface area contributed by atoms with E-state index in [9.17, 15) is 0 Å². The second-order valence-corrected chi connectivity index (χ2v) is 5.86. The van der Waals surface area contributed by atoms with Crippen LogP contribution in [0.4, 0.5) is 0 Å². The van der Waals surface area contributed by atoms with Crippen molar-refractivity contribution in [1.82, 2.24) is 5.32 Å². The molecule has 2 nitrogen and oxygen atoms in total. The maximum atomic E-state index is 6.10. The summed E-state index contributed by atoms with van der Waals surface area (Å²) in [6, 6.07) is 6.73. The predicted octanol–water partition coefficient (Wildman–Crippen LogP) is 5.23. The van der Waals surface area contributed by atoms with Crippen molar-refractivity contribution in [1.29, 1.82) is 0 Å². The minimum Gasteiger partial charge on any atom is -0.459 e. The normalized spacial score (nSPS) is 11.4. The number of fused-ring (bicyclic) bond motifs is 1. The van der Waals surface area contributed by atoms with Crippen LogP contribution in [-0.2, 0) is 19.4 Å². The molecule has 2 heteroatoms. The van der Waals surface area contributed by atoms with E-state index in [4.69, 9.17) is 4.42 Å². The fourth-order valence-electron chi connectivity index (χ4n) is 2.83. The summed E-state index contributed by atoms with van der Waals surface area (Å²) in [5.41, 5.74) is 3.90. The smallest absolute Gasteiger partial charge is 0.134 e. The molecule has 116 valence electrons. The van der Waals surface area contributed by atoms with Crippen LogP contribution in [0.25, 0.3) is 11.0 Å². The molecule has 0 aliphatic rings. The van der Waals surface area contributed by atoms with Gasteiger partial charge in [-0.15, -0.1) is 0 Å². The van der Waals surface area contributed by atoms with Crippen molar-refractivity contribution in [3.05, 3.63) is 35.1 Å². The molecule has 1 N–H and O–H groups in total. The molecule has 1 heterocycles. The number of nitrogens with one attached hydrogen (secondary N) is 1. The Labute approximate surface area is 128 Å². The van der Waals surface area contributed by atoms with Crippen LogP contribution in [0.3, 0.4) is 0 Å². The first-order valence-electron chi connectivity index (χ1n) is 8.54. The van der Waals surface area contributed by atoms with E-state index >= 15 is 0 Å². The minimum atomic E-state index is 0.849. The highest BCUT2D eigenvalue weighted by molar-refractivity contribution is 5.83. The molecule has 1 aromatic heterocycles. The molecule has 0 unspecified atom stereocenters. The van der Waals surface area contributed by atoms with E-state index < -0.39 is 0 Å². The monoisotopic (exact) mass is 287 g/mol. The maximum absolute atomic E-state index is 6.10. The molecule has 0 atom stereocenters. The number of unbranched alkanes of at least 4 members (excludes halogenated alkanes) is 1. The lowest BCUT2D eigenvalue weighted by Crippen LogP contribution is -2.14. The predicted molar refractivity (Wildman–Crippen MR) is 90.8 cm³/mol. The van der Waals surface area contributed by atoms with E-state index in [2.05, 4.69) is 44.3 Å². The average Bonchev–Trinajstić information content (AvgIpc) is 2.83. The highest BCUT2D eigenvalue weighted by atomic mass is 16.3. The molecule has 0 fully saturated rings. The first-order valence-corrected chi connectivity index (χ1v) is 8.54. The zero-order chi connectivity index (χ0) is 15.1.